The monoisotopic (exact) mass is 279 g/mol. The molecule has 1 aliphatic rings. The second kappa shape index (κ2) is 6.58. The third kappa shape index (κ3) is 3.20. The molecule has 0 spiro atoms. The minimum Gasteiger partial charge on any atom is -0.504 e. The van der Waals surface area contributed by atoms with Crippen molar-refractivity contribution in [2.45, 2.75) is 13.0 Å². The van der Waals surface area contributed by atoms with Crippen LogP contribution in [0.25, 0.3) is 0 Å². The maximum atomic E-state index is 11.8. The number of amides is 1. The molecule has 1 unspecified atom stereocenters. The van der Waals surface area contributed by atoms with Crippen LogP contribution in [0.1, 0.15) is 18.5 Å². The van der Waals surface area contributed by atoms with Crippen LogP contribution in [0.5, 0.6) is 11.5 Å². The van der Waals surface area contributed by atoms with E-state index in [1.54, 1.807) is 18.2 Å². The number of nitrogens with one attached hydrogen (secondary N) is 1. The second-order valence-corrected chi connectivity index (χ2v) is 4.75. The molecule has 1 aromatic carbocycles. The van der Waals surface area contributed by atoms with Crippen LogP contribution in [0.2, 0.25) is 0 Å². The van der Waals surface area contributed by atoms with Gasteiger partial charge in [0.15, 0.2) is 11.5 Å². The average molecular weight is 279 g/mol. The molecule has 6 heteroatoms. The van der Waals surface area contributed by atoms with Crippen molar-refractivity contribution in [2.75, 3.05) is 32.8 Å². The van der Waals surface area contributed by atoms with Gasteiger partial charge in [-0.25, -0.2) is 0 Å². The number of carbonyl (C=O) groups is 1. The molecule has 1 aromatic rings. The molecular weight excluding hydrogens is 258 g/mol. The van der Waals surface area contributed by atoms with Crippen LogP contribution in [-0.4, -0.2) is 48.7 Å². The molecule has 0 aliphatic carbocycles. The Morgan fingerprint density at radius 3 is 2.80 bits per heavy atom. The average Bonchev–Trinajstić information content (AvgIpc) is 2.44. The highest BCUT2D eigenvalue weighted by atomic mass is 16.5. The summed E-state index contributed by atoms with van der Waals surface area (Å²) in [6.07, 6.45) is 0. The highest BCUT2D eigenvalue weighted by molar-refractivity contribution is 5.81. The SMILES string of the molecule is CCOc1cc(C(C(N)=O)N2CCNCC2)ccc1O. The Morgan fingerprint density at radius 2 is 2.20 bits per heavy atom. The smallest absolute Gasteiger partial charge is 0.239 e. The van der Waals surface area contributed by atoms with E-state index in [-0.39, 0.29) is 11.7 Å². The molecule has 1 atom stereocenters. The first-order valence-electron chi connectivity index (χ1n) is 6.83. The number of primary amides is 1. The number of carbonyl (C=O) groups excluding carboxylic acids is 1. The van der Waals surface area contributed by atoms with E-state index in [0.29, 0.717) is 12.4 Å². The molecule has 2 rings (SSSR count). The minimum atomic E-state index is -0.489. The number of ether oxygens (including phenoxy) is 1. The highest BCUT2D eigenvalue weighted by Gasteiger charge is 2.27. The van der Waals surface area contributed by atoms with E-state index < -0.39 is 6.04 Å². The lowest BCUT2D eigenvalue weighted by molar-refractivity contribution is -0.123. The number of hydrogen-bond acceptors (Lipinski definition) is 5. The van der Waals surface area contributed by atoms with Crippen molar-refractivity contribution in [1.82, 2.24) is 10.2 Å². The quantitative estimate of drug-likeness (QED) is 0.718. The molecule has 1 heterocycles. The molecule has 1 amide bonds. The Balaban J connectivity index is 2.28. The fourth-order valence-corrected chi connectivity index (χ4v) is 2.47. The lowest BCUT2D eigenvalue weighted by atomic mass is 10.0. The molecule has 20 heavy (non-hydrogen) atoms. The predicted octanol–water partition coefficient (Wildman–Crippen LogP) is 0.222. The third-order valence-corrected chi connectivity index (χ3v) is 3.39. The van der Waals surface area contributed by atoms with Gasteiger partial charge in [-0.2, -0.15) is 0 Å². The van der Waals surface area contributed by atoms with Crippen LogP contribution in [0.3, 0.4) is 0 Å². The summed E-state index contributed by atoms with van der Waals surface area (Å²) in [7, 11) is 0. The highest BCUT2D eigenvalue weighted by Crippen LogP contribution is 2.31. The number of phenolic OH excluding ortho intramolecular Hbond substituents is 1. The van der Waals surface area contributed by atoms with E-state index in [1.807, 2.05) is 11.8 Å². The molecule has 6 nitrogen and oxygen atoms in total. The summed E-state index contributed by atoms with van der Waals surface area (Å²) in [6.45, 7) is 5.48. The van der Waals surface area contributed by atoms with Crippen molar-refractivity contribution in [1.29, 1.82) is 0 Å². The van der Waals surface area contributed by atoms with Crippen LogP contribution in [0.4, 0.5) is 0 Å². The van der Waals surface area contributed by atoms with Gasteiger partial charge in [-0.1, -0.05) is 6.07 Å². The van der Waals surface area contributed by atoms with Gasteiger partial charge in [-0.3, -0.25) is 9.69 Å². The number of nitrogens with two attached hydrogens (primary N) is 1. The molecule has 1 saturated heterocycles. The van der Waals surface area contributed by atoms with E-state index >= 15 is 0 Å². The van der Waals surface area contributed by atoms with Gasteiger partial charge in [-0.15, -0.1) is 0 Å². The predicted molar refractivity (Wildman–Crippen MR) is 75.7 cm³/mol. The largest absolute Gasteiger partial charge is 0.504 e. The van der Waals surface area contributed by atoms with Gasteiger partial charge in [0.2, 0.25) is 5.91 Å². The van der Waals surface area contributed by atoms with Crippen LogP contribution < -0.4 is 15.8 Å². The number of rotatable bonds is 5. The molecule has 1 fully saturated rings. The van der Waals surface area contributed by atoms with Gasteiger partial charge in [0, 0.05) is 26.2 Å². The van der Waals surface area contributed by atoms with Crippen molar-refractivity contribution in [3.63, 3.8) is 0 Å². The Hall–Kier alpha value is -1.79. The van der Waals surface area contributed by atoms with Crippen LogP contribution >= 0.6 is 0 Å². The van der Waals surface area contributed by atoms with Crippen LogP contribution in [0.15, 0.2) is 18.2 Å². The Morgan fingerprint density at radius 1 is 1.50 bits per heavy atom. The maximum Gasteiger partial charge on any atom is 0.239 e. The Bertz CT molecular complexity index is 473. The van der Waals surface area contributed by atoms with Gasteiger partial charge in [-0.05, 0) is 24.6 Å². The number of phenols is 1. The lowest BCUT2D eigenvalue weighted by Crippen LogP contribution is -2.48. The summed E-state index contributed by atoms with van der Waals surface area (Å²) in [5.74, 6) is 0.0607. The van der Waals surface area contributed by atoms with Crippen molar-refractivity contribution in [3.8, 4) is 11.5 Å². The number of benzene rings is 1. The summed E-state index contributed by atoms with van der Waals surface area (Å²) in [4.78, 5) is 13.9. The summed E-state index contributed by atoms with van der Waals surface area (Å²) in [5.41, 5.74) is 6.31. The van der Waals surface area contributed by atoms with E-state index in [9.17, 15) is 9.90 Å². The zero-order valence-electron chi connectivity index (χ0n) is 11.6. The van der Waals surface area contributed by atoms with Crippen molar-refractivity contribution in [3.05, 3.63) is 23.8 Å². The molecule has 110 valence electrons. The molecule has 0 radical (unpaired) electrons. The Labute approximate surface area is 118 Å². The maximum absolute atomic E-state index is 11.8. The summed E-state index contributed by atoms with van der Waals surface area (Å²) >= 11 is 0. The fourth-order valence-electron chi connectivity index (χ4n) is 2.47. The van der Waals surface area contributed by atoms with E-state index in [2.05, 4.69) is 5.32 Å². The van der Waals surface area contributed by atoms with Gasteiger partial charge in [0.1, 0.15) is 6.04 Å². The molecule has 1 aliphatic heterocycles. The van der Waals surface area contributed by atoms with Gasteiger partial charge in [0.25, 0.3) is 0 Å². The topological polar surface area (TPSA) is 87.8 Å². The molecule has 4 N–H and O–H groups in total. The first kappa shape index (κ1) is 14.6. The first-order chi connectivity index (χ1) is 9.63. The first-order valence-corrected chi connectivity index (χ1v) is 6.83. The second-order valence-electron chi connectivity index (χ2n) is 4.75. The van der Waals surface area contributed by atoms with Gasteiger partial charge < -0.3 is 20.9 Å². The number of nitrogens with zero attached hydrogens (tertiary/aromatic N) is 1. The summed E-state index contributed by atoms with van der Waals surface area (Å²) < 4.78 is 5.36. The zero-order chi connectivity index (χ0) is 14.5. The minimum absolute atomic E-state index is 0.0686. The van der Waals surface area contributed by atoms with Crippen molar-refractivity contribution < 1.29 is 14.6 Å². The lowest BCUT2D eigenvalue weighted by Gasteiger charge is -2.33. The molecule has 0 saturated carbocycles. The van der Waals surface area contributed by atoms with Gasteiger partial charge in [0.05, 0.1) is 6.61 Å². The number of aromatic hydroxyl groups is 1. The summed E-state index contributed by atoms with van der Waals surface area (Å²) in [6, 6.07) is 4.46. The Kier molecular flexibility index (Phi) is 4.81. The normalized spacial score (nSPS) is 17.6. The van der Waals surface area contributed by atoms with Crippen LogP contribution in [0, 0.1) is 0 Å². The van der Waals surface area contributed by atoms with E-state index in [4.69, 9.17) is 10.5 Å². The van der Waals surface area contributed by atoms with Crippen LogP contribution in [-0.2, 0) is 4.79 Å². The van der Waals surface area contributed by atoms with Crippen molar-refractivity contribution in [2.24, 2.45) is 5.73 Å². The van der Waals surface area contributed by atoms with Gasteiger partial charge >= 0.3 is 0 Å². The molecule has 0 bridgehead atoms. The summed E-state index contributed by atoms with van der Waals surface area (Å²) in [5, 5.41) is 13.0. The zero-order valence-corrected chi connectivity index (χ0v) is 11.6. The van der Waals surface area contributed by atoms with E-state index in [1.165, 1.54) is 0 Å². The fraction of sp³-hybridized carbons (Fsp3) is 0.500. The number of hydrogen-bond donors (Lipinski definition) is 3. The van der Waals surface area contributed by atoms with E-state index in [0.717, 1.165) is 31.7 Å². The molecular formula is C14H21N3O3. The van der Waals surface area contributed by atoms with Crippen molar-refractivity contribution >= 4 is 5.91 Å². The number of piperazine rings is 1. The third-order valence-electron chi connectivity index (χ3n) is 3.39. The standard InChI is InChI=1S/C14H21N3O3/c1-2-20-12-9-10(3-4-11(12)18)13(14(15)19)17-7-5-16-6-8-17/h3-4,9,13,16,18H,2,5-8H2,1H3,(H2,15,19). The molecule has 0 aromatic heterocycles.